The number of carbonyl (C=O) groups is 2. The van der Waals surface area contributed by atoms with Crippen LogP contribution in [0.3, 0.4) is 0 Å². The Hall–Kier alpha value is -4.32. The van der Waals surface area contributed by atoms with E-state index in [2.05, 4.69) is 42.8 Å². The molecule has 0 unspecified atom stereocenters. The molecule has 1 N–H and O–H groups in total. The molecular weight excluding hydrogens is 500 g/mol. The third kappa shape index (κ3) is 7.63. The SMILES string of the molecule is COC(=O)c1cc(C(C)(C)C)n(Cc2ccccc2)c1C[C@H](Cc1ccccc1)NC(=O)OCc1ccccc1. The molecule has 6 heteroatoms. The molecule has 1 heterocycles. The van der Waals surface area contributed by atoms with E-state index in [1.165, 1.54) is 7.11 Å². The van der Waals surface area contributed by atoms with Gasteiger partial charge >= 0.3 is 12.1 Å². The lowest BCUT2D eigenvalue weighted by Gasteiger charge is -2.25. The molecule has 0 aliphatic carbocycles. The minimum absolute atomic E-state index is 0.177. The van der Waals surface area contributed by atoms with Gasteiger partial charge in [-0.1, -0.05) is 112 Å². The first-order valence-corrected chi connectivity index (χ1v) is 13.6. The molecule has 0 aliphatic rings. The van der Waals surface area contributed by atoms with Crippen molar-refractivity contribution in [2.45, 2.75) is 58.2 Å². The van der Waals surface area contributed by atoms with E-state index >= 15 is 0 Å². The van der Waals surface area contributed by atoms with E-state index in [1.807, 2.05) is 84.9 Å². The van der Waals surface area contributed by atoms with E-state index in [4.69, 9.17) is 9.47 Å². The Morgan fingerprint density at radius 1 is 0.800 bits per heavy atom. The Labute approximate surface area is 237 Å². The van der Waals surface area contributed by atoms with Gasteiger partial charge in [0.1, 0.15) is 6.61 Å². The minimum Gasteiger partial charge on any atom is -0.465 e. The topological polar surface area (TPSA) is 69.6 Å². The Kier molecular flexibility index (Phi) is 9.43. The molecule has 1 amide bonds. The fraction of sp³-hybridized carbons (Fsp3) is 0.294. The van der Waals surface area contributed by atoms with Gasteiger partial charge in [-0.25, -0.2) is 9.59 Å². The van der Waals surface area contributed by atoms with Crippen molar-refractivity contribution in [3.05, 3.63) is 131 Å². The van der Waals surface area contributed by atoms with Crippen molar-refractivity contribution in [2.24, 2.45) is 0 Å². The number of nitrogens with one attached hydrogen (secondary N) is 1. The summed E-state index contributed by atoms with van der Waals surface area (Å²) >= 11 is 0. The highest BCUT2D eigenvalue weighted by atomic mass is 16.5. The molecule has 6 nitrogen and oxygen atoms in total. The van der Waals surface area contributed by atoms with Gasteiger partial charge in [0, 0.05) is 35.8 Å². The van der Waals surface area contributed by atoms with Crippen molar-refractivity contribution < 1.29 is 19.1 Å². The summed E-state index contributed by atoms with van der Waals surface area (Å²) in [5.74, 6) is -0.391. The second-order valence-corrected chi connectivity index (χ2v) is 11.0. The molecule has 1 atom stereocenters. The maximum absolute atomic E-state index is 13.1. The second-order valence-electron chi connectivity index (χ2n) is 11.0. The average molecular weight is 539 g/mol. The molecule has 1 aromatic heterocycles. The lowest BCUT2D eigenvalue weighted by Crippen LogP contribution is -2.39. The van der Waals surface area contributed by atoms with Crippen LogP contribution >= 0.6 is 0 Å². The van der Waals surface area contributed by atoms with Gasteiger partial charge in [-0.2, -0.15) is 0 Å². The second kappa shape index (κ2) is 13.2. The Morgan fingerprint density at radius 2 is 1.35 bits per heavy atom. The number of benzene rings is 3. The van der Waals surface area contributed by atoms with Crippen LogP contribution in [0.5, 0.6) is 0 Å². The number of hydrogen-bond donors (Lipinski definition) is 1. The number of methoxy groups -OCH3 is 1. The van der Waals surface area contributed by atoms with E-state index in [-0.39, 0.29) is 18.1 Å². The van der Waals surface area contributed by atoms with Crippen molar-refractivity contribution in [3.63, 3.8) is 0 Å². The quantitative estimate of drug-likeness (QED) is 0.228. The van der Waals surface area contributed by atoms with Crippen molar-refractivity contribution in [2.75, 3.05) is 7.11 Å². The number of carbonyl (C=O) groups excluding carboxylic acids is 2. The van der Waals surface area contributed by atoms with Gasteiger partial charge < -0.3 is 19.4 Å². The number of rotatable bonds is 10. The lowest BCUT2D eigenvalue weighted by molar-refractivity contribution is 0.0599. The lowest BCUT2D eigenvalue weighted by atomic mass is 9.91. The predicted molar refractivity (Wildman–Crippen MR) is 157 cm³/mol. The third-order valence-electron chi connectivity index (χ3n) is 6.87. The standard InChI is InChI=1S/C34H38N2O4/c1-34(2,3)31-22-29(32(37)39-4)30(36(31)23-26-16-10-6-11-17-26)21-28(20-25-14-8-5-9-15-25)35-33(38)40-24-27-18-12-7-13-19-27/h5-19,22,28H,20-21,23-24H2,1-4H3,(H,35,38)/t28-/m0/s1. The zero-order valence-electron chi connectivity index (χ0n) is 23.7. The predicted octanol–water partition coefficient (Wildman–Crippen LogP) is 6.70. The number of nitrogens with zero attached hydrogens (tertiary/aromatic N) is 1. The Morgan fingerprint density at radius 3 is 1.90 bits per heavy atom. The van der Waals surface area contributed by atoms with Gasteiger partial charge in [0.2, 0.25) is 0 Å². The first kappa shape index (κ1) is 28.7. The summed E-state index contributed by atoms with van der Waals surface area (Å²) in [7, 11) is 1.40. The average Bonchev–Trinajstić information content (AvgIpc) is 3.31. The molecule has 208 valence electrons. The summed E-state index contributed by atoms with van der Waals surface area (Å²) < 4.78 is 13.0. The van der Waals surface area contributed by atoms with E-state index in [0.29, 0.717) is 24.9 Å². The van der Waals surface area contributed by atoms with Crippen molar-refractivity contribution in [1.82, 2.24) is 9.88 Å². The van der Waals surface area contributed by atoms with Gasteiger partial charge in [-0.05, 0) is 29.2 Å². The normalized spacial score (nSPS) is 12.0. The number of esters is 1. The molecule has 0 saturated heterocycles. The largest absolute Gasteiger partial charge is 0.465 e. The zero-order chi connectivity index (χ0) is 28.5. The Balaban J connectivity index is 1.69. The van der Waals surface area contributed by atoms with Gasteiger partial charge in [0.05, 0.1) is 12.7 Å². The van der Waals surface area contributed by atoms with E-state index in [0.717, 1.165) is 28.1 Å². The first-order valence-electron chi connectivity index (χ1n) is 13.6. The van der Waals surface area contributed by atoms with Crippen LogP contribution in [0.25, 0.3) is 0 Å². The smallest absolute Gasteiger partial charge is 0.407 e. The zero-order valence-corrected chi connectivity index (χ0v) is 23.7. The van der Waals surface area contributed by atoms with E-state index in [1.54, 1.807) is 0 Å². The van der Waals surface area contributed by atoms with Gasteiger partial charge in [0.15, 0.2) is 0 Å². The summed E-state index contributed by atoms with van der Waals surface area (Å²) in [5.41, 5.74) is 5.25. The Bertz CT molecular complexity index is 1390. The van der Waals surface area contributed by atoms with Crippen LogP contribution in [-0.2, 0) is 40.9 Å². The summed E-state index contributed by atoms with van der Waals surface area (Å²) in [6, 6.07) is 31.4. The molecule has 4 aromatic rings. The molecule has 0 bridgehead atoms. The summed E-state index contributed by atoms with van der Waals surface area (Å²) in [6.07, 6.45) is 0.493. The fourth-order valence-electron chi connectivity index (χ4n) is 4.90. The summed E-state index contributed by atoms with van der Waals surface area (Å²) in [6.45, 7) is 7.17. The number of amides is 1. The highest BCUT2D eigenvalue weighted by molar-refractivity contribution is 5.91. The van der Waals surface area contributed by atoms with Gasteiger partial charge in [-0.3, -0.25) is 0 Å². The molecule has 4 rings (SSSR count). The molecule has 3 aromatic carbocycles. The van der Waals surface area contributed by atoms with Crippen LogP contribution in [0.4, 0.5) is 4.79 Å². The third-order valence-corrected chi connectivity index (χ3v) is 6.87. The highest BCUT2D eigenvalue weighted by Crippen LogP contribution is 2.30. The molecule has 0 radical (unpaired) electrons. The van der Waals surface area contributed by atoms with Crippen LogP contribution < -0.4 is 5.32 Å². The van der Waals surface area contributed by atoms with Gasteiger partial charge in [-0.15, -0.1) is 0 Å². The maximum Gasteiger partial charge on any atom is 0.407 e. The van der Waals surface area contributed by atoms with Gasteiger partial charge in [0.25, 0.3) is 0 Å². The molecule has 0 spiro atoms. The number of ether oxygens (including phenoxy) is 2. The summed E-state index contributed by atoms with van der Waals surface area (Å²) in [4.78, 5) is 26.0. The maximum atomic E-state index is 13.1. The van der Waals surface area contributed by atoms with Crippen LogP contribution in [0.15, 0.2) is 97.1 Å². The van der Waals surface area contributed by atoms with E-state index in [9.17, 15) is 9.59 Å². The van der Waals surface area contributed by atoms with Crippen molar-refractivity contribution >= 4 is 12.1 Å². The molecule has 0 saturated carbocycles. The van der Waals surface area contributed by atoms with Crippen LogP contribution in [0, 0.1) is 0 Å². The fourth-order valence-corrected chi connectivity index (χ4v) is 4.90. The number of aromatic nitrogens is 1. The van der Waals surface area contributed by atoms with Crippen molar-refractivity contribution in [3.8, 4) is 0 Å². The van der Waals surface area contributed by atoms with Crippen molar-refractivity contribution in [1.29, 1.82) is 0 Å². The minimum atomic E-state index is -0.499. The van der Waals surface area contributed by atoms with Crippen LogP contribution in [0.1, 0.15) is 59.2 Å². The summed E-state index contributed by atoms with van der Waals surface area (Å²) in [5, 5.41) is 3.08. The molecular formula is C34H38N2O4. The first-order chi connectivity index (χ1) is 19.2. The molecule has 0 fully saturated rings. The molecule has 0 aliphatic heterocycles. The van der Waals surface area contributed by atoms with Crippen LogP contribution in [0.2, 0.25) is 0 Å². The van der Waals surface area contributed by atoms with E-state index < -0.39 is 12.1 Å². The number of alkyl carbamates (subject to hydrolysis) is 1. The van der Waals surface area contributed by atoms with Crippen LogP contribution in [-0.4, -0.2) is 29.8 Å². The molecule has 40 heavy (non-hydrogen) atoms. The highest BCUT2D eigenvalue weighted by Gasteiger charge is 2.29. The monoisotopic (exact) mass is 538 g/mol. The number of hydrogen-bond acceptors (Lipinski definition) is 4.